The molecular formula is C24H28N8O4S. The van der Waals surface area contributed by atoms with Crippen LogP contribution in [-0.2, 0) is 4.74 Å². The molecule has 13 heteroatoms. The van der Waals surface area contributed by atoms with Crippen LogP contribution < -0.4 is 18.9 Å². The van der Waals surface area contributed by atoms with Gasteiger partial charge in [-0.25, -0.2) is 19.9 Å². The predicted molar refractivity (Wildman–Crippen MR) is 139 cm³/mol. The molecule has 37 heavy (non-hydrogen) atoms. The molecule has 4 rings (SSSR count). The van der Waals surface area contributed by atoms with E-state index >= 15 is 0 Å². The van der Waals surface area contributed by atoms with E-state index in [-0.39, 0.29) is 11.4 Å². The molecule has 0 fully saturated rings. The molecule has 0 saturated heterocycles. The van der Waals surface area contributed by atoms with Gasteiger partial charge in [0.25, 0.3) is 0 Å². The van der Waals surface area contributed by atoms with Gasteiger partial charge in [-0.2, -0.15) is 0 Å². The smallest absolute Gasteiger partial charge is 0.242 e. The van der Waals surface area contributed by atoms with Gasteiger partial charge in [0.2, 0.25) is 17.7 Å². The third-order valence-corrected chi connectivity index (χ3v) is 6.31. The van der Waals surface area contributed by atoms with E-state index in [1.165, 1.54) is 19.1 Å². The summed E-state index contributed by atoms with van der Waals surface area (Å²) in [5, 5.41) is 8.73. The van der Waals surface area contributed by atoms with Crippen molar-refractivity contribution in [2.45, 2.75) is 25.2 Å². The van der Waals surface area contributed by atoms with Gasteiger partial charge < -0.3 is 18.9 Å². The summed E-state index contributed by atoms with van der Waals surface area (Å²) in [4.78, 5) is 17.7. The Bertz CT molecular complexity index is 1310. The van der Waals surface area contributed by atoms with E-state index in [1.807, 2.05) is 26.0 Å². The Morgan fingerprint density at radius 3 is 2.41 bits per heavy atom. The van der Waals surface area contributed by atoms with Crippen LogP contribution in [0, 0.1) is 6.92 Å². The molecule has 0 spiro atoms. The molecule has 4 aromatic heterocycles. The monoisotopic (exact) mass is 524 g/mol. The lowest BCUT2D eigenvalue weighted by atomic mass is 10.2. The Balaban J connectivity index is 1.74. The number of pyridine rings is 2. The average Bonchev–Trinajstić information content (AvgIpc) is 3.36. The SMILES string of the molecule is COc1cccc(-c2nnc(NSC(C)C(OC)c3ncc(C)cn3)n2-c2c(OC)ccnc2OC)n1. The van der Waals surface area contributed by atoms with Gasteiger partial charge in [0.15, 0.2) is 17.3 Å². The molecular weight excluding hydrogens is 496 g/mol. The number of aromatic nitrogens is 7. The van der Waals surface area contributed by atoms with E-state index in [9.17, 15) is 0 Å². The second-order valence-corrected chi connectivity index (χ2v) is 9.00. The van der Waals surface area contributed by atoms with Gasteiger partial charge in [-0.1, -0.05) is 6.07 Å². The maximum Gasteiger partial charge on any atom is 0.242 e. The summed E-state index contributed by atoms with van der Waals surface area (Å²) in [6.45, 7) is 3.94. The molecule has 0 amide bonds. The third kappa shape index (κ3) is 5.57. The Hall–Kier alpha value is -3.97. The topological polar surface area (TPSA) is 131 Å². The molecule has 0 aromatic carbocycles. The lowest BCUT2D eigenvalue weighted by Gasteiger charge is -2.21. The standard InChI is InChI=1S/C24H28N8O4S/c1-14-12-26-21(27-13-14)20(35-5)15(2)37-31-24-30-29-22(16-8-7-9-18(28-16)34-4)32(24)19-17(33-3)10-11-25-23(19)36-6/h7-13,15,20H,1-6H3,(H,30,31). The fourth-order valence-corrected chi connectivity index (χ4v) is 4.36. The van der Waals surface area contributed by atoms with E-state index in [2.05, 4.69) is 34.9 Å². The van der Waals surface area contributed by atoms with Gasteiger partial charge in [-0.3, -0.25) is 9.29 Å². The van der Waals surface area contributed by atoms with Crippen molar-refractivity contribution in [1.29, 1.82) is 0 Å². The van der Waals surface area contributed by atoms with Crippen molar-refractivity contribution in [2.24, 2.45) is 0 Å². The number of rotatable bonds is 11. The fourth-order valence-electron chi connectivity index (χ4n) is 3.58. The first-order valence-corrected chi connectivity index (χ1v) is 12.2. The molecule has 0 aliphatic heterocycles. The van der Waals surface area contributed by atoms with Crippen molar-refractivity contribution in [3.63, 3.8) is 0 Å². The minimum absolute atomic E-state index is 0.103. The number of nitrogens with zero attached hydrogens (tertiary/aromatic N) is 7. The van der Waals surface area contributed by atoms with Gasteiger partial charge in [0, 0.05) is 37.8 Å². The van der Waals surface area contributed by atoms with Crippen molar-refractivity contribution >= 4 is 17.9 Å². The summed E-state index contributed by atoms with van der Waals surface area (Å²) in [6, 6.07) is 7.13. The molecule has 12 nitrogen and oxygen atoms in total. The van der Waals surface area contributed by atoms with E-state index in [0.29, 0.717) is 46.5 Å². The molecule has 0 saturated carbocycles. The highest BCUT2D eigenvalue weighted by Gasteiger charge is 2.27. The second kappa shape index (κ2) is 11.8. The van der Waals surface area contributed by atoms with Crippen LogP contribution in [0.1, 0.15) is 24.4 Å². The number of methoxy groups -OCH3 is 4. The molecule has 0 bridgehead atoms. The van der Waals surface area contributed by atoms with Crippen LogP contribution >= 0.6 is 11.9 Å². The second-order valence-electron chi connectivity index (χ2n) is 7.82. The van der Waals surface area contributed by atoms with E-state index < -0.39 is 0 Å². The van der Waals surface area contributed by atoms with Crippen molar-refractivity contribution in [3.05, 3.63) is 54.2 Å². The van der Waals surface area contributed by atoms with Gasteiger partial charge in [-0.05, 0) is 37.4 Å². The van der Waals surface area contributed by atoms with E-state index in [4.69, 9.17) is 18.9 Å². The summed E-state index contributed by atoms with van der Waals surface area (Å²) in [6.07, 6.45) is 4.77. The molecule has 194 valence electrons. The first-order valence-electron chi connectivity index (χ1n) is 11.3. The Morgan fingerprint density at radius 2 is 1.73 bits per heavy atom. The molecule has 1 N–H and O–H groups in total. The maximum absolute atomic E-state index is 5.71. The lowest BCUT2D eigenvalue weighted by molar-refractivity contribution is 0.0972. The minimum Gasteiger partial charge on any atom is -0.494 e. The normalized spacial score (nSPS) is 12.6. The molecule has 2 atom stereocenters. The largest absolute Gasteiger partial charge is 0.494 e. The molecule has 2 unspecified atom stereocenters. The minimum atomic E-state index is -0.364. The van der Waals surface area contributed by atoms with Gasteiger partial charge in [0.1, 0.15) is 17.5 Å². The highest BCUT2D eigenvalue weighted by molar-refractivity contribution is 8.01. The molecule has 4 heterocycles. The van der Waals surface area contributed by atoms with Crippen LogP contribution in [0.15, 0.2) is 42.9 Å². The number of aryl methyl sites for hydroxylation is 1. The zero-order valence-corrected chi connectivity index (χ0v) is 22.2. The van der Waals surface area contributed by atoms with Crippen LogP contribution in [0.3, 0.4) is 0 Å². The van der Waals surface area contributed by atoms with Crippen LogP contribution in [-0.4, -0.2) is 68.4 Å². The van der Waals surface area contributed by atoms with Gasteiger partial charge in [0.05, 0.1) is 26.6 Å². The lowest BCUT2D eigenvalue weighted by Crippen LogP contribution is -2.19. The Labute approximate surface area is 218 Å². The predicted octanol–water partition coefficient (Wildman–Crippen LogP) is 3.68. The number of anilines is 1. The van der Waals surface area contributed by atoms with E-state index in [0.717, 1.165) is 5.56 Å². The maximum atomic E-state index is 5.71. The first-order chi connectivity index (χ1) is 18.0. The first kappa shape index (κ1) is 26.1. The summed E-state index contributed by atoms with van der Waals surface area (Å²) in [5.41, 5.74) is 2.02. The van der Waals surface area contributed by atoms with Crippen molar-refractivity contribution in [2.75, 3.05) is 33.2 Å². The van der Waals surface area contributed by atoms with Crippen LogP contribution in [0.2, 0.25) is 0 Å². The Morgan fingerprint density at radius 1 is 0.946 bits per heavy atom. The summed E-state index contributed by atoms with van der Waals surface area (Å²) < 4.78 is 27.3. The molecule has 0 aliphatic carbocycles. The van der Waals surface area contributed by atoms with E-state index in [1.54, 1.807) is 56.6 Å². The van der Waals surface area contributed by atoms with Gasteiger partial charge >= 0.3 is 0 Å². The van der Waals surface area contributed by atoms with Gasteiger partial charge in [-0.15, -0.1) is 10.2 Å². The van der Waals surface area contributed by atoms with Crippen LogP contribution in [0.25, 0.3) is 17.2 Å². The number of ether oxygens (including phenoxy) is 4. The summed E-state index contributed by atoms with van der Waals surface area (Å²) >= 11 is 1.39. The number of hydrogen-bond donors (Lipinski definition) is 1. The summed E-state index contributed by atoms with van der Waals surface area (Å²) in [7, 11) is 6.29. The highest BCUT2D eigenvalue weighted by Crippen LogP contribution is 2.37. The van der Waals surface area contributed by atoms with Crippen LogP contribution in [0.4, 0.5) is 5.95 Å². The fraction of sp³-hybridized carbons (Fsp3) is 0.333. The Kier molecular flexibility index (Phi) is 8.36. The number of nitrogens with one attached hydrogen (secondary N) is 1. The highest BCUT2D eigenvalue weighted by atomic mass is 32.2. The average molecular weight is 525 g/mol. The molecule has 0 radical (unpaired) electrons. The summed E-state index contributed by atoms with van der Waals surface area (Å²) in [5.74, 6) is 2.71. The van der Waals surface area contributed by atoms with Crippen molar-refractivity contribution in [3.8, 4) is 34.7 Å². The zero-order valence-electron chi connectivity index (χ0n) is 21.4. The zero-order chi connectivity index (χ0) is 26.4. The number of hydrogen-bond acceptors (Lipinski definition) is 12. The third-order valence-electron chi connectivity index (χ3n) is 5.39. The quantitative estimate of drug-likeness (QED) is 0.287. The van der Waals surface area contributed by atoms with Crippen molar-refractivity contribution < 1.29 is 18.9 Å². The molecule has 0 aliphatic rings. The van der Waals surface area contributed by atoms with Crippen LogP contribution in [0.5, 0.6) is 17.5 Å². The van der Waals surface area contributed by atoms with Crippen molar-refractivity contribution in [1.82, 2.24) is 34.7 Å². The molecule has 4 aromatic rings.